The van der Waals surface area contributed by atoms with Gasteiger partial charge < -0.3 is 5.32 Å². The first-order valence-corrected chi connectivity index (χ1v) is 10.9. The second-order valence-corrected chi connectivity index (χ2v) is 8.22. The number of aromatic nitrogens is 4. The molecule has 0 aliphatic heterocycles. The monoisotopic (exact) mass is 439 g/mol. The third-order valence-electron chi connectivity index (χ3n) is 4.25. The molecule has 0 fully saturated rings. The van der Waals surface area contributed by atoms with Crippen LogP contribution in [-0.2, 0) is 17.9 Å². The lowest BCUT2D eigenvalue weighted by molar-refractivity contribution is -0.121. The largest absolute Gasteiger partial charge is 0.353 e. The van der Waals surface area contributed by atoms with Gasteiger partial charge in [0, 0.05) is 18.7 Å². The molecule has 0 aromatic carbocycles. The number of nitrogens with zero attached hydrogens (tertiary/aromatic N) is 4. The van der Waals surface area contributed by atoms with E-state index in [-0.39, 0.29) is 36.7 Å². The van der Waals surface area contributed by atoms with Gasteiger partial charge in [-0.25, -0.2) is 9.67 Å². The molecule has 4 aromatic rings. The van der Waals surface area contributed by atoms with Crippen molar-refractivity contribution in [2.45, 2.75) is 13.1 Å². The molecule has 8 nitrogen and oxygen atoms in total. The Morgan fingerprint density at radius 2 is 1.70 bits per heavy atom. The molecule has 4 rings (SSSR count). The Labute approximate surface area is 179 Å². The van der Waals surface area contributed by atoms with Gasteiger partial charge in [0.15, 0.2) is 0 Å². The standard InChI is InChI=1S/C20H17N5O3S2/c26-18(12-24-13-22-15(11-20(24)28)17-4-2-10-30-17)21-7-8-25-19(27)6-5-14(23-25)16-3-1-9-29-16/h1-6,9-11,13H,7-8,12H2,(H,21,26). The number of carbonyl (C=O) groups excluding carboxylic acids is 1. The van der Waals surface area contributed by atoms with Crippen molar-refractivity contribution < 1.29 is 4.79 Å². The highest BCUT2D eigenvalue weighted by atomic mass is 32.1. The van der Waals surface area contributed by atoms with E-state index in [0.717, 1.165) is 9.75 Å². The van der Waals surface area contributed by atoms with Gasteiger partial charge in [-0.1, -0.05) is 12.1 Å². The minimum Gasteiger partial charge on any atom is -0.353 e. The zero-order valence-electron chi connectivity index (χ0n) is 15.7. The summed E-state index contributed by atoms with van der Waals surface area (Å²) in [6, 6.07) is 12.2. The summed E-state index contributed by atoms with van der Waals surface area (Å²) in [5.74, 6) is -0.342. The maximum Gasteiger partial charge on any atom is 0.266 e. The molecule has 0 unspecified atom stereocenters. The number of thiophene rings is 2. The Balaban J connectivity index is 1.35. The van der Waals surface area contributed by atoms with E-state index in [1.165, 1.54) is 50.4 Å². The van der Waals surface area contributed by atoms with Gasteiger partial charge in [0.2, 0.25) is 5.91 Å². The molecule has 30 heavy (non-hydrogen) atoms. The highest BCUT2D eigenvalue weighted by Gasteiger charge is 2.09. The first kappa shape index (κ1) is 19.9. The Hall–Kier alpha value is -3.37. The number of hydrogen-bond donors (Lipinski definition) is 1. The summed E-state index contributed by atoms with van der Waals surface area (Å²) in [6.45, 7) is 0.303. The van der Waals surface area contributed by atoms with E-state index < -0.39 is 0 Å². The number of hydrogen-bond acceptors (Lipinski definition) is 7. The lowest BCUT2D eigenvalue weighted by atomic mass is 10.3. The third kappa shape index (κ3) is 4.61. The molecule has 0 saturated carbocycles. The minimum atomic E-state index is -0.342. The molecule has 0 aliphatic carbocycles. The molecule has 4 heterocycles. The van der Waals surface area contributed by atoms with E-state index in [2.05, 4.69) is 15.4 Å². The summed E-state index contributed by atoms with van der Waals surface area (Å²) in [6.07, 6.45) is 1.37. The molecule has 0 radical (unpaired) electrons. The summed E-state index contributed by atoms with van der Waals surface area (Å²) in [5, 5.41) is 10.9. The normalized spacial score (nSPS) is 10.8. The molecule has 0 bridgehead atoms. The Kier molecular flexibility index (Phi) is 5.96. The van der Waals surface area contributed by atoms with Crippen molar-refractivity contribution >= 4 is 28.6 Å². The second kappa shape index (κ2) is 8.97. The van der Waals surface area contributed by atoms with Crippen LogP contribution >= 0.6 is 22.7 Å². The van der Waals surface area contributed by atoms with Crippen LogP contribution in [0.5, 0.6) is 0 Å². The number of rotatable bonds is 7. The first-order chi connectivity index (χ1) is 14.6. The fraction of sp³-hybridized carbons (Fsp3) is 0.150. The van der Waals surface area contributed by atoms with Crippen LogP contribution in [0.1, 0.15) is 0 Å². The molecule has 1 amide bonds. The minimum absolute atomic E-state index is 0.145. The summed E-state index contributed by atoms with van der Waals surface area (Å²) >= 11 is 3.03. The van der Waals surface area contributed by atoms with E-state index in [0.29, 0.717) is 11.4 Å². The number of amides is 1. The zero-order chi connectivity index (χ0) is 20.9. The molecular formula is C20H17N5O3S2. The molecule has 1 N–H and O–H groups in total. The average molecular weight is 440 g/mol. The third-order valence-corrected chi connectivity index (χ3v) is 6.04. The molecular weight excluding hydrogens is 422 g/mol. The van der Waals surface area contributed by atoms with Crippen molar-refractivity contribution in [2.24, 2.45) is 0 Å². The molecule has 0 aliphatic rings. The van der Waals surface area contributed by atoms with Crippen LogP contribution in [0.3, 0.4) is 0 Å². The van der Waals surface area contributed by atoms with Gasteiger partial charge in [-0.2, -0.15) is 5.10 Å². The lowest BCUT2D eigenvalue weighted by Gasteiger charge is -2.09. The van der Waals surface area contributed by atoms with Gasteiger partial charge in [-0.3, -0.25) is 19.0 Å². The van der Waals surface area contributed by atoms with Crippen molar-refractivity contribution in [1.29, 1.82) is 0 Å². The quantitative estimate of drug-likeness (QED) is 0.475. The maximum atomic E-state index is 12.3. The molecule has 0 atom stereocenters. The average Bonchev–Trinajstić information content (AvgIpc) is 3.45. The van der Waals surface area contributed by atoms with Crippen LogP contribution in [0.4, 0.5) is 0 Å². The van der Waals surface area contributed by atoms with Crippen LogP contribution in [-0.4, -0.2) is 31.8 Å². The summed E-state index contributed by atoms with van der Waals surface area (Å²) < 4.78 is 2.56. The van der Waals surface area contributed by atoms with Crippen LogP contribution in [0, 0.1) is 0 Å². The molecule has 0 saturated heterocycles. The van der Waals surface area contributed by atoms with Crippen molar-refractivity contribution in [3.8, 4) is 21.1 Å². The lowest BCUT2D eigenvalue weighted by Crippen LogP contribution is -2.35. The predicted octanol–water partition coefficient (Wildman–Crippen LogP) is 2.07. The maximum absolute atomic E-state index is 12.3. The summed E-state index contributed by atoms with van der Waals surface area (Å²) in [5.41, 5.74) is 0.751. The van der Waals surface area contributed by atoms with Crippen LogP contribution in [0.25, 0.3) is 21.1 Å². The van der Waals surface area contributed by atoms with Gasteiger partial charge in [0.05, 0.1) is 28.3 Å². The van der Waals surface area contributed by atoms with Gasteiger partial charge in [-0.05, 0) is 29.0 Å². The van der Waals surface area contributed by atoms with E-state index in [1.807, 2.05) is 35.0 Å². The van der Waals surface area contributed by atoms with E-state index in [9.17, 15) is 14.4 Å². The Morgan fingerprint density at radius 1 is 0.967 bits per heavy atom. The van der Waals surface area contributed by atoms with Gasteiger partial charge in [-0.15, -0.1) is 22.7 Å². The van der Waals surface area contributed by atoms with Crippen LogP contribution < -0.4 is 16.4 Å². The number of nitrogens with one attached hydrogen (secondary N) is 1. The van der Waals surface area contributed by atoms with Crippen molar-refractivity contribution in [3.05, 3.63) is 80.3 Å². The van der Waals surface area contributed by atoms with Crippen molar-refractivity contribution in [3.63, 3.8) is 0 Å². The topological polar surface area (TPSA) is 98.9 Å². The Bertz CT molecular complexity index is 1260. The van der Waals surface area contributed by atoms with E-state index in [1.54, 1.807) is 6.07 Å². The van der Waals surface area contributed by atoms with Crippen LogP contribution in [0.2, 0.25) is 0 Å². The van der Waals surface area contributed by atoms with Crippen molar-refractivity contribution in [1.82, 2.24) is 24.6 Å². The Morgan fingerprint density at radius 3 is 2.37 bits per heavy atom. The fourth-order valence-corrected chi connectivity index (χ4v) is 4.16. The van der Waals surface area contributed by atoms with Gasteiger partial charge in [0.25, 0.3) is 11.1 Å². The second-order valence-electron chi connectivity index (χ2n) is 6.32. The molecule has 152 valence electrons. The van der Waals surface area contributed by atoms with Crippen LogP contribution in [0.15, 0.2) is 69.1 Å². The summed E-state index contributed by atoms with van der Waals surface area (Å²) in [7, 11) is 0. The first-order valence-electron chi connectivity index (χ1n) is 9.09. The molecule has 10 heteroatoms. The highest BCUT2D eigenvalue weighted by molar-refractivity contribution is 7.13. The fourth-order valence-electron chi connectivity index (χ4n) is 2.78. The van der Waals surface area contributed by atoms with Gasteiger partial charge >= 0.3 is 0 Å². The molecule has 0 spiro atoms. The molecule has 4 aromatic heterocycles. The van der Waals surface area contributed by atoms with Crippen molar-refractivity contribution in [2.75, 3.05) is 6.54 Å². The summed E-state index contributed by atoms with van der Waals surface area (Å²) in [4.78, 5) is 42.6. The highest BCUT2D eigenvalue weighted by Crippen LogP contribution is 2.21. The predicted molar refractivity (Wildman–Crippen MR) is 117 cm³/mol. The SMILES string of the molecule is O=C(Cn1cnc(-c2cccs2)cc1=O)NCCn1nc(-c2cccs2)ccc1=O. The van der Waals surface area contributed by atoms with E-state index >= 15 is 0 Å². The van der Waals surface area contributed by atoms with Gasteiger partial charge in [0.1, 0.15) is 12.2 Å². The van der Waals surface area contributed by atoms with E-state index in [4.69, 9.17) is 0 Å². The zero-order valence-corrected chi connectivity index (χ0v) is 17.4. The number of carbonyl (C=O) groups is 1. The smallest absolute Gasteiger partial charge is 0.266 e.